The molecule has 26 heavy (non-hydrogen) atoms. The van der Waals surface area contributed by atoms with Gasteiger partial charge in [0.15, 0.2) is 0 Å². The van der Waals surface area contributed by atoms with Gasteiger partial charge in [0.25, 0.3) is 0 Å². The topological polar surface area (TPSA) is 33.3 Å². The standard InChI is InChI=1S/C21H26F2N2O/c1-3-6-18(14-17-7-5-11-24-12-10-17)13-16(2)25-19-8-4-9-20(15-19)26-21(22)23/h3-4,7-9,13,15,21,24-25H,5,10-12,14H2,1-2H3/b16-13-. The van der Waals surface area contributed by atoms with Crippen LogP contribution in [0, 0.1) is 0 Å². The first-order chi connectivity index (χ1) is 12.6. The van der Waals surface area contributed by atoms with Gasteiger partial charge in [0.05, 0.1) is 0 Å². The molecule has 0 bridgehead atoms. The second-order valence-corrected chi connectivity index (χ2v) is 6.14. The first-order valence-electron chi connectivity index (χ1n) is 8.86. The third-order valence-corrected chi connectivity index (χ3v) is 3.92. The van der Waals surface area contributed by atoms with Gasteiger partial charge in [0.2, 0.25) is 0 Å². The Labute approximate surface area is 154 Å². The molecule has 0 saturated carbocycles. The van der Waals surface area contributed by atoms with E-state index in [0.717, 1.165) is 43.6 Å². The zero-order valence-corrected chi connectivity index (χ0v) is 15.3. The van der Waals surface area contributed by atoms with Crippen molar-refractivity contribution in [1.82, 2.24) is 5.32 Å². The van der Waals surface area contributed by atoms with Crippen LogP contribution in [0.5, 0.6) is 5.75 Å². The van der Waals surface area contributed by atoms with E-state index in [1.54, 1.807) is 12.1 Å². The Kier molecular flexibility index (Phi) is 8.13. The molecule has 0 radical (unpaired) electrons. The first-order valence-corrected chi connectivity index (χ1v) is 8.86. The van der Waals surface area contributed by atoms with Gasteiger partial charge in [-0.2, -0.15) is 8.78 Å². The molecule has 1 aromatic rings. The lowest BCUT2D eigenvalue weighted by molar-refractivity contribution is -0.0498. The maximum atomic E-state index is 12.3. The Morgan fingerprint density at radius 2 is 2.23 bits per heavy atom. The normalized spacial score (nSPS) is 15.0. The van der Waals surface area contributed by atoms with Crippen LogP contribution in [0.1, 0.15) is 33.1 Å². The molecule has 1 aromatic carbocycles. The maximum Gasteiger partial charge on any atom is 0.387 e. The van der Waals surface area contributed by atoms with Crippen molar-refractivity contribution in [2.45, 2.75) is 39.7 Å². The molecule has 1 heterocycles. The van der Waals surface area contributed by atoms with E-state index < -0.39 is 6.61 Å². The molecule has 1 aliphatic heterocycles. The largest absolute Gasteiger partial charge is 0.435 e. The molecule has 5 heteroatoms. The Morgan fingerprint density at radius 1 is 1.38 bits per heavy atom. The molecule has 1 aliphatic rings. The Bertz CT molecular complexity index is 716. The summed E-state index contributed by atoms with van der Waals surface area (Å²) in [6.07, 6.45) is 9.21. The Hall–Kier alpha value is -2.36. The van der Waals surface area contributed by atoms with Gasteiger partial charge < -0.3 is 15.4 Å². The first kappa shape index (κ1) is 20.0. The average Bonchev–Trinajstić information content (AvgIpc) is 2.83. The van der Waals surface area contributed by atoms with Gasteiger partial charge >= 0.3 is 6.61 Å². The smallest absolute Gasteiger partial charge is 0.387 e. The molecule has 0 spiro atoms. The number of ether oxygens (including phenoxy) is 1. The molecular formula is C21H26F2N2O. The van der Waals surface area contributed by atoms with Gasteiger partial charge in [0.1, 0.15) is 5.75 Å². The fourth-order valence-corrected chi connectivity index (χ4v) is 2.86. The minimum Gasteiger partial charge on any atom is -0.435 e. The van der Waals surface area contributed by atoms with Crippen LogP contribution in [-0.4, -0.2) is 19.7 Å². The molecule has 0 saturated heterocycles. The molecule has 140 valence electrons. The molecule has 0 unspecified atom stereocenters. The fourth-order valence-electron chi connectivity index (χ4n) is 2.86. The quantitative estimate of drug-likeness (QED) is 0.388. The Morgan fingerprint density at radius 3 is 3.00 bits per heavy atom. The second kappa shape index (κ2) is 10.6. The van der Waals surface area contributed by atoms with Crippen LogP contribution in [0.4, 0.5) is 14.5 Å². The van der Waals surface area contributed by atoms with Crippen molar-refractivity contribution in [3.8, 4) is 5.75 Å². The highest BCUT2D eigenvalue weighted by atomic mass is 19.3. The van der Waals surface area contributed by atoms with E-state index in [-0.39, 0.29) is 5.75 Å². The van der Waals surface area contributed by atoms with Gasteiger partial charge in [-0.15, -0.1) is 5.73 Å². The van der Waals surface area contributed by atoms with Crippen LogP contribution in [0.3, 0.4) is 0 Å². The van der Waals surface area contributed by atoms with Gasteiger partial charge in [0, 0.05) is 23.9 Å². The number of alkyl halides is 2. The second-order valence-electron chi connectivity index (χ2n) is 6.14. The van der Waals surface area contributed by atoms with Crippen molar-refractivity contribution in [1.29, 1.82) is 0 Å². The van der Waals surface area contributed by atoms with Crippen molar-refractivity contribution >= 4 is 5.69 Å². The van der Waals surface area contributed by atoms with Crippen molar-refractivity contribution in [2.24, 2.45) is 0 Å². The summed E-state index contributed by atoms with van der Waals surface area (Å²) < 4.78 is 29.1. The number of allylic oxidation sites excluding steroid dienone is 3. The SMILES string of the molecule is CC=C=C(/C=C(/C)Nc1cccc(OC(F)F)c1)CC1=CCCNCC1. The van der Waals surface area contributed by atoms with E-state index in [0.29, 0.717) is 5.69 Å². The van der Waals surface area contributed by atoms with Crippen LogP contribution in [0.2, 0.25) is 0 Å². The van der Waals surface area contributed by atoms with Gasteiger partial charge in [-0.25, -0.2) is 0 Å². The highest BCUT2D eigenvalue weighted by Crippen LogP contribution is 2.22. The summed E-state index contributed by atoms with van der Waals surface area (Å²) in [5, 5.41) is 6.62. The summed E-state index contributed by atoms with van der Waals surface area (Å²) in [7, 11) is 0. The highest BCUT2D eigenvalue weighted by Gasteiger charge is 2.06. The van der Waals surface area contributed by atoms with Gasteiger partial charge in [-0.05, 0) is 69.6 Å². The van der Waals surface area contributed by atoms with Crippen LogP contribution in [-0.2, 0) is 0 Å². The van der Waals surface area contributed by atoms with E-state index in [1.165, 1.54) is 11.6 Å². The van der Waals surface area contributed by atoms with Gasteiger partial charge in [-0.3, -0.25) is 0 Å². The molecule has 0 aromatic heterocycles. The summed E-state index contributed by atoms with van der Waals surface area (Å²) in [4.78, 5) is 0. The molecule has 0 atom stereocenters. The number of hydrogen-bond donors (Lipinski definition) is 2. The van der Waals surface area contributed by atoms with Crippen molar-refractivity contribution in [3.63, 3.8) is 0 Å². The van der Waals surface area contributed by atoms with Crippen molar-refractivity contribution in [3.05, 3.63) is 65.1 Å². The van der Waals surface area contributed by atoms with E-state index in [9.17, 15) is 8.78 Å². The minimum absolute atomic E-state index is 0.137. The Balaban J connectivity index is 2.07. The zero-order valence-electron chi connectivity index (χ0n) is 15.3. The summed E-state index contributed by atoms with van der Waals surface area (Å²) in [6.45, 7) is 3.10. The lowest BCUT2D eigenvalue weighted by atomic mass is 10.0. The summed E-state index contributed by atoms with van der Waals surface area (Å²) in [5.41, 5.74) is 7.41. The van der Waals surface area contributed by atoms with Gasteiger partial charge in [-0.1, -0.05) is 17.7 Å². The predicted molar refractivity (Wildman–Crippen MR) is 103 cm³/mol. The molecular weight excluding hydrogens is 334 g/mol. The summed E-state index contributed by atoms with van der Waals surface area (Å²) in [6, 6.07) is 6.56. The zero-order chi connectivity index (χ0) is 18.8. The highest BCUT2D eigenvalue weighted by molar-refractivity contribution is 5.52. The lowest BCUT2D eigenvalue weighted by Gasteiger charge is -2.11. The molecule has 3 nitrogen and oxygen atoms in total. The molecule has 0 aliphatic carbocycles. The molecule has 0 fully saturated rings. The van der Waals surface area contributed by atoms with Crippen molar-refractivity contribution in [2.75, 3.05) is 18.4 Å². The monoisotopic (exact) mass is 360 g/mol. The van der Waals surface area contributed by atoms with Crippen LogP contribution in [0.15, 0.2) is 65.1 Å². The average molecular weight is 360 g/mol. The number of hydrogen-bond acceptors (Lipinski definition) is 3. The summed E-state index contributed by atoms with van der Waals surface area (Å²) in [5.74, 6) is 0.137. The van der Waals surface area contributed by atoms with E-state index in [2.05, 4.69) is 27.2 Å². The summed E-state index contributed by atoms with van der Waals surface area (Å²) >= 11 is 0. The number of halogens is 2. The number of anilines is 1. The molecule has 2 rings (SSSR count). The van der Waals surface area contributed by atoms with Crippen LogP contribution < -0.4 is 15.4 Å². The molecule has 0 amide bonds. The van der Waals surface area contributed by atoms with E-state index in [1.807, 2.05) is 32.1 Å². The fraction of sp³-hybridized carbons (Fsp3) is 0.381. The maximum absolute atomic E-state index is 12.3. The minimum atomic E-state index is -2.83. The van der Waals surface area contributed by atoms with Crippen molar-refractivity contribution < 1.29 is 13.5 Å². The number of rotatable bonds is 7. The van der Waals surface area contributed by atoms with E-state index >= 15 is 0 Å². The third kappa shape index (κ3) is 7.26. The van der Waals surface area contributed by atoms with Crippen LogP contribution in [0.25, 0.3) is 0 Å². The van der Waals surface area contributed by atoms with E-state index in [4.69, 9.17) is 0 Å². The third-order valence-electron chi connectivity index (χ3n) is 3.92. The number of nitrogens with one attached hydrogen (secondary N) is 2. The lowest BCUT2D eigenvalue weighted by Crippen LogP contribution is -2.13. The van der Waals surface area contributed by atoms with Crippen LogP contribution >= 0.6 is 0 Å². The molecule has 2 N–H and O–H groups in total. The predicted octanol–water partition coefficient (Wildman–Crippen LogP) is 5.41. The number of benzene rings is 1.